The van der Waals surface area contributed by atoms with Gasteiger partial charge >= 0.3 is 0 Å². The minimum Gasteiger partial charge on any atom is -0.370 e. The number of nitrogens with one attached hydrogen (secondary N) is 1. The second kappa shape index (κ2) is 11.9. The molecule has 100 valence electrons. The van der Waals surface area contributed by atoms with E-state index in [1.807, 2.05) is 5.80 Å². The predicted molar refractivity (Wildman–Crippen MR) is 81.5 cm³/mol. The zero-order valence-electron chi connectivity index (χ0n) is 11.3. The van der Waals surface area contributed by atoms with Gasteiger partial charge < -0.3 is 11.1 Å². The first-order valence-electron chi connectivity index (χ1n) is 6.79. The average molecular weight is 257 g/mol. The van der Waals surface area contributed by atoms with E-state index in [0.29, 0.717) is 12.0 Å². The molecule has 0 aromatic heterocycles. The van der Waals surface area contributed by atoms with E-state index in [4.69, 9.17) is 5.73 Å². The molecule has 0 fully saturated rings. The van der Waals surface area contributed by atoms with Gasteiger partial charge in [-0.15, -0.1) is 8.86 Å². The Bertz CT molecular complexity index is 213. The van der Waals surface area contributed by atoms with Crippen LogP contribution >= 0.6 is 8.86 Å². The smallest absolute Gasteiger partial charge is 0.188 e. The zero-order chi connectivity index (χ0) is 12.9. The molecule has 0 aliphatic rings. The lowest BCUT2D eigenvalue weighted by Crippen LogP contribution is -2.39. The van der Waals surface area contributed by atoms with E-state index in [-0.39, 0.29) is 0 Å². The molecule has 0 saturated heterocycles. The van der Waals surface area contributed by atoms with Crippen molar-refractivity contribution < 1.29 is 0 Å². The molecule has 3 N–H and O–H groups in total. The summed E-state index contributed by atoms with van der Waals surface area (Å²) in [5.41, 5.74) is 5.82. The summed E-state index contributed by atoms with van der Waals surface area (Å²) in [6.45, 7) is 5.17. The summed E-state index contributed by atoms with van der Waals surface area (Å²) in [7, 11) is 3.36. The normalized spacial score (nSPS) is 11.8. The van der Waals surface area contributed by atoms with Gasteiger partial charge in [0.1, 0.15) is 0 Å². The van der Waals surface area contributed by atoms with Crippen molar-refractivity contribution in [3.8, 4) is 0 Å². The van der Waals surface area contributed by atoms with Crippen LogP contribution in [0.1, 0.15) is 58.8 Å². The summed E-state index contributed by atoms with van der Waals surface area (Å²) in [4.78, 5) is 4.34. The topological polar surface area (TPSA) is 50.4 Å². The molecule has 0 aliphatic heterocycles. The highest BCUT2D eigenvalue weighted by molar-refractivity contribution is 7.18. The van der Waals surface area contributed by atoms with Crippen molar-refractivity contribution in [1.29, 1.82) is 0 Å². The molecule has 0 unspecified atom stereocenters. The van der Waals surface area contributed by atoms with Crippen molar-refractivity contribution in [3.05, 3.63) is 0 Å². The fraction of sp³-hybridized carbons (Fsp3) is 0.846. The Morgan fingerprint density at radius 3 is 2.47 bits per heavy atom. The first kappa shape index (κ1) is 16.4. The SMILES string of the molecule is CCC(CC)NC(N)=NCCCCCCC=P. The average Bonchev–Trinajstić information content (AvgIpc) is 2.34. The molecule has 0 radical (unpaired) electrons. The molecule has 4 heteroatoms. The lowest BCUT2D eigenvalue weighted by molar-refractivity contribution is 0.565. The largest absolute Gasteiger partial charge is 0.370 e. The number of unbranched alkanes of at least 4 members (excludes halogenated alkanes) is 4. The van der Waals surface area contributed by atoms with Gasteiger partial charge in [-0.1, -0.05) is 32.5 Å². The molecule has 0 amide bonds. The molecule has 0 aromatic carbocycles. The fourth-order valence-electron chi connectivity index (χ4n) is 1.66. The van der Waals surface area contributed by atoms with E-state index in [1.54, 1.807) is 0 Å². The molecule has 0 atom stereocenters. The standard InChI is InChI=1S/C13H28N3P/c1-3-12(4-2)16-13(14)15-10-8-6-5-7-9-11-17/h11-12,17H,3-10H2,1-2H3,(H3,14,15,16). The van der Waals surface area contributed by atoms with E-state index < -0.39 is 0 Å². The number of hydrogen-bond donors (Lipinski definition) is 2. The molecule has 0 bridgehead atoms. The minimum atomic E-state index is 0.466. The molecule has 0 rings (SSSR count). The van der Waals surface area contributed by atoms with Crippen LogP contribution in [0, 0.1) is 0 Å². The van der Waals surface area contributed by atoms with E-state index in [9.17, 15) is 0 Å². The van der Waals surface area contributed by atoms with Crippen molar-refractivity contribution in [2.75, 3.05) is 6.54 Å². The number of hydrogen-bond acceptors (Lipinski definition) is 1. The van der Waals surface area contributed by atoms with Crippen LogP contribution in [-0.2, 0) is 0 Å². The number of nitrogens with zero attached hydrogens (tertiary/aromatic N) is 1. The first-order chi connectivity index (χ1) is 8.24. The van der Waals surface area contributed by atoms with Crippen LogP contribution in [-0.4, -0.2) is 24.3 Å². The zero-order valence-corrected chi connectivity index (χ0v) is 12.3. The van der Waals surface area contributed by atoms with E-state index in [1.165, 1.54) is 19.3 Å². The predicted octanol–water partition coefficient (Wildman–Crippen LogP) is 2.97. The van der Waals surface area contributed by atoms with Crippen molar-refractivity contribution in [2.45, 2.75) is 64.8 Å². The van der Waals surface area contributed by atoms with Crippen LogP contribution < -0.4 is 11.1 Å². The summed E-state index contributed by atoms with van der Waals surface area (Å²) >= 11 is 0. The van der Waals surface area contributed by atoms with Gasteiger partial charge in [0, 0.05) is 12.6 Å². The lowest BCUT2D eigenvalue weighted by Gasteiger charge is -2.14. The Morgan fingerprint density at radius 1 is 1.24 bits per heavy atom. The monoisotopic (exact) mass is 257 g/mol. The maximum atomic E-state index is 5.82. The number of nitrogens with two attached hydrogens (primary N) is 1. The van der Waals surface area contributed by atoms with Gasteiger partial charge in [-0.2, -0.15) is 0 Å². The highest BCUT2D eigenvalue weighted by Crippen LogP contribution is 2.02. The fourth-order valence-corrected chi connectivity index (χ4v) is 1.86. The summed E-state index contributed by atoms with van der Waals surface area (Å²) in [6.07, 6.45) is 8.24. The van der Waals surface area contributed by atoms with E-state index in [2.05, 4.69) is 33.0 Å². The summed E-state index contributed by atoms with van der Waals surface area (Å²) in [6, 6.07) is 0.466. The second-order valence-electron chi connectivity index (χ2n) is 4.33. The van der Waals surface area contributed by atoms with Gasteiger partial charge in [0.05, 0.1) is 0 Å². The first-order valence-corrected chi connectivity index (χ1v) is 7.37. The van der Waals surface area contributed by atoms with Crippen molar-refractivity contribution in [2.24, 2.45) is 10.7 Å². The van der Waals surface area contributed by atoms with Crippen LogP contribution in [0.25, 0.3) is 0 Å². The molecule has 0 heterocycles. The van der Waals surface area contributed by atoms with Gasteiger partial charge in [0.2, 0.25) is 0 Å². The molecule has 0 aromatic rings. The van der Waals surface area contributed by atoms with E-state index in [0.717, 1.165) is 32.2 Å². The Labute approximate surface area is 108 Å². The second-order valence-corrected chi connectivity index (χ2v) is 4.74. The molecule has 0 spiro atoms. The number of rotatable bonds is 10. The third kappa shape index (κ3) is 10.3. The van der Waals surface area contributed by atoms with Crippen molar-refractivity contribution in [3.63, 3.8) is 0 Å². The van der Waals surface area contributed by atoms with Gasteiger partial charge in [-0.3, -0.25) is 4.99 Å². The lowest BCUT2D eigenvalue weighted by atomic mass is 10.1. The van der Waals surface area contributed by atoms with Gasteiger partial charge in [-0.25, -0.2) is 0 Å². The number of guanidine groups is 1. The highest BCUT2D eigenvalue weighted by Gasteiger charge is 2.02. The quantitative estimate of drug-likeness (QED) is 0.273. The van der Waals surface area contributed by atoms with Crippen LogP contribution in [0.4, 0.5) is 0 Å². The van der Waals surface area contributed by atoms with Crippen LogP contribution in [0.3, 0.4) is 0 Å². The third-order valence-corrected chi connectivity index (χ3v) is 3.17. The van der Waals surface area contributed by atoms with Gasteiger partial charge in [-0.05, 0) is 32.1 Å². The molecular formula is C13H28N3P. The van der Waals surface area contributed by atoms with Gasteiger partial charge in [0.15, 0.2) is 5.96 Å². The minimum absolute atomic E-state index is 0.466. The Balaban J connectivity index is 3.52. The van der Waals surface area contributed by atoms with Crippen LogP contribution in [0.5, 0.6) is 0 Å². The Morgan fingerprint density at radius 2 is 1.88 bits per heavy atom. The summed E-state index contributed by atoms with van der Waals surface area (Å²) < 4.78 is 0. The highest BCUT2D eigenvalue weighted by atomic mass is 31.0. The molecule has 0 saturated carbocycles. The van der Waals surface area contributed by atoms with Crippen LogP contribution in [0.2, 0.25) is 0 Å². The summed E-state index contributed by atoms with van der Waals surface area (Å²) in [5.74, 6) is 2.64. The van der Waals surface area contributed by atoms with Crippen LogP contribution in [0.15, 0.2) is 4.99 Å². The Kier molecular flexibility index (Phi) is 11.5. The van der Waals surface area contributed by atoms with Crippen molar-refractivity contribution in [1.82, 2.24) is 5.32 Å². The maximum absolute atomic E-state index is 5.82. The molecule has 3 nitrogen and oxygen atoms in total. The maximum Gasteiger partial charge on any atom is 0.188 e. The molecule has 0 aliphatic carbocycles. The number of aliphatic imine (C=N–C) groups is 1. The molecular weight excluding hydrogens is 229 g/mol. The molecule has 17 heavy (non-hydrogen) atoms. The summed E-state index contributed by atoms with van der Waals surface area (Å²) in [5, 5.41) is 3.24. The third-order valence-electron chi connectivity index (χ3n) is 2.88. The Hall–Kier alpha value is -0.560. The van der Waals surface area contributed by atoms with E-state index >= 15 is 0 Å². The van der Waals surface area contributed by atoms with Crippen molar-refractivity contribution >= 4 is 20.6 Å². The van der Waals surface area contributed by atoms with Gasteiger partial charge in [0.25, 0.3) is 0 Å².